The molecule has 0 aromatic heterocycles. The number of amides is 1. The summed E-state index contributed by atoms with van der Waals surface area (Å²) in [6.45, 7) is 5.88. The standard InChI is InChI=1S/C15H32N2O/c1-3-5-6-7-8-9-10-15(18)17-13-14(4-2)11-12-16/h14H,3-13,16H2,1-2H3,(H,17,18). The van der Waals surface area contributed by atoms with Crippen molar-refractivity contribution in [3.8, 4) is 0 Å². The highest BCUT2D eigenvalue weighted by Gasteiger charge is 2.07. The Bertz CT molecular complexity index is 195. The maximum Gasteiger partial charge on any atom is 0.220 e. The minimum absolute atomic E-state index is 0.209. The van der Waals surface area contributed by atoms with Crippen LogP contribution in [0.1, 0.15) is 71.6 Å². The average Bonchev–Trinajstić information content (AvgIpc) is 2.38. The van der Waals surface area contributed by atoms with Crippen molar-refractivity contribution in [1.29, 1.82) is 0 Å². The third-order valence-corrected chi connectivity index (χ3v) is 3.50. The molecule has 0 aliphatic carbocycles. The Morgan fingerprint density at radius 2 is 1.78 bits per heavy atom. The molecule has 3 N–H and O–H groups in total. The second kappa shape index (κ2) is 12.9. The summed E-state index contributed by atoms with van der Waals surface area (Å²) in [5.41, 5.74) is 5.54. The van der Waals surface area contributed by atoms with Gasteiger partial charge >= 0.3 is 0 Å². The third-order valence-electron chi connectivity index (χ3n) is 3.50. The van der Waals surface area contributed by atoms with Crippen LogP contribution in [0.3, 0.4) is 0 Å². The molecule has 1 atom stereocenters. The quantitative estimate of drug-likeness (QED) is 0.527. The lowest BCUT2D eigenvalue weighted by Gasteiger charge is -2.14. The van der Waals surface area contributed by atoms with Crippen molar-refractivity contribution in [2.75, 3.05) is 13.1 Å². The molecule has 0 aromatic rings. The van der Waals surface area contributed by atoms with Crippen LogP contribution in [0.2, 0.25) is 0 Å². The molecule has 3 heteroatoms. The molecular weight excluding hydrogens is 224 g/mol. The SMILES string of the molecule is CCCCCCCCC(=O)NCC(CC)CCN. The highest BCUT2D eigenvalue weighted by Crippen LogP contribution is 2.08. The molecule has 0 spiro atoms. The molecular formula is C15H32N2O. The van der Waals surface area contributed by atoms with E-state index < -0.39 is 0 Å². The van der Waals surface area contributed by atoms with Gasteiger partial charge in [-0.25, -0.2) is 0 Å². The summed E-state index contributed by atoms with van der Waals surface area (Å²) in [7, 11) is 0. The van der Waals surface area contributed by atoms with E-state index in [1.807, 2.05) is 0 Å². The first-order valence-corrected chi connectivity index (χ1v) is 7.71. The molecule has 0 heterocycles. The Kier molecular flexibility index (Phi) is 12.5. The van der Waals surface area contributed by atoms with Gasteiger partial charge in [0, 0.05) is 13.0 Å². The van der Waals surface area contributed by atoms with Gasteiger partial charge in [-0.1, -0.05) is 52.4 Å². The van der Waals surface area contributed by atoms with Gasteiger partial charge in [0.2, 0.25) is 5.91 Å². The molecule has 0 aliphatic rings. The zero-order chi connectivity index (χ0) is 13.6. The van der Waals surface area contributed by atoms with E-state index in [0.29, 0.717) is 18.9 Å². The monoisotopic (exact) mass is 256 g/mol. The van der Waals surface area contributed by atoms with E-state index in [9.17, 15) is 4.79 Å². The Morgan fingerprint density at radius 3 is 2.39 bits per heavy atom. The number of unbranched alkanes of at least 4 members (excludes halogenated alkanes) is 5. The van der Waals surface area contributed by atoms with Crippen molar-refractivity contribution in [2.45, 2.75) is 71.6 Å². The average molecular weight is 256 g/mol. The van der Waals surface area contributed by atoms with Crippen LogP contribution < -0.4 is 11.1 Å². The highest BCUT2D eigenvalue weighted by molar-refractivity contribution is 5.75. The van der Waals surface area contributed by atoms with Crippen LogP contribution in [0, 0.1) is 5.92 Å². The van der Waals surface area contributed by atoms with Gasteiger partial charge in [0.25, 0.3) is 0 Å². The minimum Gasteiger partial charge on any atom is -0.356 e. The van der Waals surface area contributed by atoms with Gasteiger partial charge in [-0.05, 0) is 25.3 Å². The van der Waals surface area contributed by atoms with E-state index >= 15 is 0 Å². The zero-order valence-corrected chi connectivity index (χ0v) is 12.3. The maximum atomic E-state index is 11.6. The summed E-state index contributed by atoms with van der Waals surface area (Å²) in [5, 5.41) is 3.03. The lowest BCUT2D eigenvalue weighted by Crippen LogP contribution is -2.29. The summed E-state index contributed by atoms with van der Waals surface area (Å²) in [5.74, 6) is 0.754. The fourth-order valence-corrected chi connectivity index (χ4v) is 2.10. The molecule has 18 heavy (non-hydrogen) atoms. The molecule has 0 saturated heterocycles. The van der Waals surface area contributed by atoms with Crippen LogP contribution in [0.25, 0.3) is 0 Å². The van der Waals surface area contributed by atoms with Gasteiger partial charge < -0.3 is 11.1 Å². The van der Waals surface area contributed by atoms with E-state index in [1.54, 1.807) is 0 Å². The van der Waals surface area contributed by atoms with Gasteiger partial charge in [-0.2, -0.15) is 0 Å². The summed E-state index contributed by atoms with van der Waals surface area (Å²) >= 11 is 0. The lowest BCUT2D eigenvalue weighted by atomic mass is 10.0. The fourth-order valence-electron chi connectivity index (χ4n) is 2.10. The summed E-state index contributed by atoms with van der Waals surface area (Å²) in [6.07, 6.45) is 10.2. The third kappa shape index (κ3) is 10.6. The molecule has 0 fully saturated rings. The van der Waals surface area contributed by atoms with Crippen LogP contribution in [0.5, 0.6) is 0 Å². The van der Waals surface area contributed by atoms with Crippen molar-refractivity contribution in [1.82, 2.24) is 5.32 Å². The molecule has 1 amide bonds. The predicted octanol–water partition coefficient (Wildman–Crippen LogP) is 3.23. The smallest absolute Gasteiger partial charge is 0.220 e. The first kappa shape index (κ1) is 17.4. The second-order valence-electron chi connectivity index (χ2n) is 5.17. The van der Waals surface area contributed by atoms with Crippen molar-refractivity contribution in [3.05, 3.63) is 0 Å². The Morgan fingerprint density at radius 1 is 1.11 bits per heavy atom. The molecule has 3 nitrogen and oxygen atoms in total. The molecule has 0 saturated carbocycles. The summed E-state index contributed by atoms with van der Waals surface area (Å²) < 4.78 is 0. The van der Waals surface area contributed by atoms with Crippen LogP contribution in [0.4, 0.5) is 0 Å². The zero-order valence-electron chi connectivity index (χ0n) is 12.3. The van der Waals surface area contributed by atoms with E-state index in [1.165, 1.54) is 32.1 Å². The molecule has 0 aromatic carbocycles. The van der Waals surface area contributed by atoms with E-state index in [4.69, 9.17) is 5.73 Å². The number of rotatable bonds is 12. The number of carbonyl (C=O) groups is 1. The van der Waals surface area contributed by atoms with E-state index in [-0.39, 0.29) is 5.91 Å². The molecule has 0 radical (unpaired) electrons. The number of nitrogens with one attached hydrogen (secondary N) is 1. The van der Waals surface area contributed by atoms with Crippen LogP contribution in [-0.4, -0.2) is 19.0 Å². The van der Waals surface area contributed by atoms with Crippen LogP contribution >= 0.6 is 0 Å². The maximum absolute atomic E-state index is 11.6. The number of nitrogens with two attached hydrogens (primary N) is 1. The van der Waals surface area contributed by atoms with Crippen molar-refractivity contribution in [2.24, 2.45) is 11.7 Å². The van der Waals surface area contributed by atoms with Crippen LogP contribution in [0.15, 0.2) is 0 Å². The Hall–Kier alpha value is -0.570. The van der Waals surface area contributed by atoms with Gasteiger partial charge in [-0.15, -0.1) is 0 Å². The van der Waals surface area contributed by atoms with E-state index in [0.717, 1.165) is 25.8 Å². The minimum atomic E-state index is 0.209. The van der Waals surface area contributed by atoms with Crippen molar-refractivity contribution in [3.63, 3.8) is 0 Å². The topological polar surface area (TPSA) is 55.1 Å². The van der Waals surface area contributed by atoms with Crippen molar-refractivity contribution >= 4 is 5.91 Å². The lowest BCUT2D eigenvalue weighted by molar-refractivity contribution is -0.121. The van der Waals surface area contributed by atoms with Gasteiger partial charge in [0.15, 0.2) is 0 Å². The largest absolute Gasteiger partial charge is 0.356 e. The predicted molar refractivity (Wildman–Crippen MR) is 78.5 cm³/mol. The molecule has 108 valence electrons. The molecule has 0 aliphatic heterocycles. The van der Waals surface area contributed by atoms with Gasteiger partial charge in [-0.3, -0.25) is 4.79 Å². The summed E-state index contributed by atoms with van der Waals surface area (Å²) in [4.78, 5) is 11.6. The molecule has 0 rings (SSSR count). The Labute approximate surface area is 113 Å². The first-order valence-electron chi connectivity index (χ1n) is 7.71. The highest BCUT2D eigenvalue weighted by atomic mass is 16.1. The second-order valence-corrected chi connectivity index (χ2v) is 5.17. The number of carbonyl (C=O) groups excluding carboxylic acids is 1. The normalized spacial score (nSPS) is 12.4. The first-order chi connectivity index (χ1) is 8.74. The molecule has 0 bridgehead atoms. The Balaban J connectivity index is 3.41. The number of hydrogen-bond donors (Lipinski definition) is 2. The van der Waals surface area contributed by atoms with Gasteiger partial charge in [0.1, 0.15) is 0 Å². The number of hydrogen-bond acceptors (Lipinski definition) is 2. The van der Waals surface area contributed by atoms with E-state index in [2.05, 4.69) is 19.2 Å². The van der Waals surface area contributed by atoms with Crippen molar-refractivity contribution < 1.29 is 4.79 Å². The van der Waals surface area contributed by atoms with Gasteiger partial charge in [0.05, 0.1) is 0 Å². The summed E-state index contributed by atoms with van der Waals surface area (Å²) in [6, 6.07) is 0. The molecule has 1 unspecified atom stereocenters. The fraction of sp³-hybridized carbons (Fsp3) is 0.933. The van der Waals surface area contributed by atoms with Crippen LogP contribution in [-0.2, 0) is 4.79 Å².